The van der Waals surface area contributed by atoms with Gasteiger partial charge in [-0.3, -0.25) is 4.79 Å². The monoisotopic (exact) mass is 262 g/mol. The van der Waals surface area contributed by atoms with Crippen LogP contribution in [0, 0.1) is 0 Å². The fourth-order valence-corrected chi connectivity index (χ4v) is 0.331. The van der Waals surface area contributed by atoms with Crippen molar-refractivity contribution in [3.05, 3.63) is 24.3 Å². The molecule has 0 saturated carbocycles. The highest BCUT2D eigenvalue weighted by molar-refractivity contribution is 5.93. The lowest BCUT2D eigenvalue weighted by Crippen LogP contribution is -1.91. The van der Waals surface area contributed by atoms with E-state index in [0.717, 1.165) is 12.2 Å². The summed E-state index contributed by atoms with van der Waals surface area (Å²) in [6.45, 7) is 1.29. The van der Waals surface area contributed by atoms with Gasteiger partial charge in [0.1, 0.15) is 0 Å². The Balaban J connectivity index is -0.0000000980. The standard InChI is InChI=1S/C5H6O3.C4H4O4.2CH4/c1-4(6)2-3-5(7)8;5-3(6)1-2-4(7)8;;/h2-3H,1H3,(H,7,8);1-2H,(H,5,6)(H,7,8);2*1H4/b3-2-;2-1+;;. The summed E-state index contributed by atoms with van der Waals surface area (Å²) in [4.78, 5) is 38.8. The smallest absolute Gasteiger partial charge is 0.328 e. The van der Waals surface area contributed by atoms with Gasteiger partial charge in [0.25, 0.3) is 0 Å². The molecule has 0 aliphatic carbocycles. The van der Waals surface area contributed by atoms with Crippen LogP contribution in [0.15, 0.2) is 24.3 Å². The quantitative estimate of drug-likeness (QED) is 0.649. The van der Waals surface area contributed by atoms with E-state index < -0.39 is 17.9 Å². The van der Waals surface area contributed by atoms with Gasteiger partial charge in [-0.05, 0) is 13.0 Å². The van der Waals surface area contributed by atoms with Crippen molar-refractivity contribution in [2.45, 2.75) is 21.8 Å². The van der Waals surface area contributed by atoms with Crippen LogP contribution in [-0.2, 0) is 19.2 Å². The summed E-state index contributed by atoms with van der Waals surface area (Å²) in [6, 6.07) is 0. The summed E-state index contributed by atoms with van der Waals surface area (Å²) in [5, 5.41) is 23.5. The molecule has 104 valence electrons. The highest BCUT2D eigenvalue weighted by Crippen LogP contribution is 1.73. The molecule has 0 rings (SSSR count). The summed E-state index contributed by atoms with van der Waals surface area (Å²) >= 11 is 0. The number of hydrogen-bond donors (Lipinski definition) is 3. The maximum Gasteiger partial charge on any atom is 0.328 e. The zero-order chi connectivity index (χ0) is 13.1. The molecule has 3 N–H and O–H groups in total. The lowest BCUT2D eigenvalue weighted by molar-refractivity contribution is -0.134. The Bertz CT molecular complexity index is 273. The summed E-state index contributed by atoms with van der Waals surface area (Å²) in [7, 11) is 0. The average Bonchev–Trinajstić information content (AvgIpc) is 2.12. The van der Waals surface area contributed by atoms with Crippen LogP contribution in [0.1, 0.15) is 21.8 Å². The molecule has 0 aliphatic heterocycles. The molecule has 0 amide bonds. The number of carbonyl (C=O) groups excluding carboxylic acids is 1. The van der Waals surface area contributed by atoms with Crippen molar-refractivity contribution >= 4 is 23.7 Å². The predicted octanol–water partition coefficient (Wildman–Crippen LogP) is 1.20. The van der Waals surface area contributed by atoms with Crippen LogP contribution in [0.2, 0.25) is 0 Å². The Kier molecular flexibility index (Phi) is 20.0. The molecule has 0 atom stereocenters. The Labute approximate surface area is 105 Å². The first kappa shape index (κ1) is 24.7. The van der Waals surface area contributed by atoms with Gasteiger partial charge in [-0.15, -0.1) is 0 Å². The largest absolute Gasteiger partial charge is 0.478 e. The molecule has 7 heteroatoms. The second kappa shape index (κ2) is 14.6. The fraction of sp³-hybridized carbons (Fsp3) is 0.273. The van der Waals surface area contributed by atoms with E-state index in [1.165, 1.54) is 6.92 Å². The third kappa shape index (κ3) is 37.4. The first-order valence-corrected chi connectivity index (χ1v) is 3.81. The maximum absolute atomic E-state index is 10.00. The molecule has 0 fully saturated rings. The van der Waals surface area contributed by atoms with Gasteiger partial charge in [-0.1, -0.05) is 14.9 Å². The van der Waals surface area contributed by atoms with Gasteiger partial charge in [0.05, 0.1) is 0 Å². The van der Waals surface area contributed by atoms with Crippen molar-refractivity contribution in [1.29, 1.82) is 0 Å². The number of carboxylic acid groups (broad SMARTS) is 3. The van der Waals surface area contributed by atoms with E-state index in [4.69, 9.17) is 15.3 Å². The van der Waals surface area contributed by atoms with Crippen molar-refractivity contribution in [2.75, 3.05) is 0 Å². The Hall–Kier alpha value is -2.44. The molecule has 0 spiro atoms. The van der Waals surface area contributed by atoms with Gasteiger partial charge in [0, 0.05) is 18.2 Å². The van der Waals surface area contributed by atoms with Crippen LogP contribution < -0.4 is 0 Å². The van der Waals surface area contributed by atoms with Crippen LogP contribution in [0.25, 0.3) is 0 Å². The third-order valence-corrected chi connectivity index (χ3v) is 0.829. The summed E-state index contributed by atoms with van der Waals surface area (Å²) in [5.41, 5.74) is 0. The highest BCUT2D eigenvalue weighted by Gasteiger charge is 1.88. The third-order valence-electron chi connectivity index (χ3n) is 0.829. The van der Waals surface area contributed by atoms with Crippen molar-refractivity contribution in [3.8, 4) is 0 Å². The van der Waals surface area contributed by atoms with Gasteiger partial charge >= 0.3 is 17.9 Å². The minimum Gasteiger partial charge on any atom is -0.478 e. The van der Waals surface area contributed by atoms with E-state index in [-0.39, 0.29) is 20.6 Å². The number of carbonyl (C=O) groups is 4. The van der Waals surface area contributed by atoms with E-state index >= 15 is 0 Å². The zero-order valence-electron chi connectivity index (χ0n) is 8.28. The van der Waals surface area contributed by atoms with E-state index in [2.05, 4.69) is 0 Å². The summed E-state index contributed by atoms with van der Waals surface area (Å²) in [6.07, 6.45) is 2.93. The van der Waals surface area contributed by atoms with E-state index in [0.29, 0.717) is 12.2 Å². The lowest BCUT2D eigenvalue weighted by Gasteiger charge is -1.74. The van der Waals surface area contributed by atoms with Crippen LogP contribution >= 0.6 is 0 Å². The number of aliphatic carboxylic acids is 3. The summed E-state index contributed by atoms with van der Waals surface area (Å²) < 4.78 is 0. The molecule has 7 nitrogen and oxygen atoms in total. The number of rotatable bonds is 4. The first-order chi connectivity index (χ1) is 7.25. The second-order valence-electron chi connectivity index (χ2n) is 2.29. The molecular weight excluding hydrogens is 244 g/mol. The van der Waals surface area contributed by atoms with Gasteiger partial charge in [0.2, 0.25) is 0 Å². The van der Waals surface area contributed by atoms with E-state index in [1.807, 2.05) is 0 Å². The Morgan fingerprint density at radius 2 is 0.889 bits per heavy atom. The molecular formula is C11H18O7. The zero-order valence-corrected chi connectivity index (χ0v) is 8.28. The van der Waals surface area contributed by atoms with Gasteiger partial charge in [-0.2, -0.15) is 0 Å². The van der Waals surface area contributed by atoms with Crippen LogP contribution in [-0.4, -0.2) is 39.0 Å². The predicted molar refractivity (Wildman–Crippen MR) is 65.3 cm³/mol. The molecule has 0 unspecified atom stereocenters. The number of carboxylic acids is 3. The lowest BCUT2D eigenvalue weighted by atomic mass is 10.4. The number of hydrogen-bond acceptors (Lipinski definition) is 4. The molecule has 0 aromatic rings. The minimum atomic E-state index is -1.26. The van der Waals surface area contributed by atoms with Crippen LogP contribution in [0.5, 0.6) is 0 Å². The van der Waals surface area contributed by atoms with Crippen molar-refractivity contribution in [2.24, 2.45) is 0 Å². The second-order valence-corrected chi connectivity index (χ2v) is 2.29. The fourth-order valence-electron chi connectivity index (χ4n) is 0.331. The molecule has 0 heterocycles. The Morgan fingerprint density at radius 3 is 1.00 bits per heavy atom. The molecule has 0 saturated heterocycles. The molecule has 18 heavy (non-hydrogen) atoms. The SMILES string of the molecule is C.C.CC(=O)/C=C\C(=O)O.O=C(O)/C=C/C(=O)O. The summed E-state index contributed by atoms with van der Waals surface area (Å²) in [5.74, 6) is -3.87. The van der Waals surface area contributed by atoms with Crippen molar-refractivity contribution < 1.29 is 34.5 Å². The number of ketones is 1. The van der Waals surface area contributed by atoms with Crippen LogP contribution in [0.3, 0.4) is 0 Å². The maximum atomic E-state index is 10.00. The molecule has 0 bridgehead atoms. The molecule has 0 aliphatic rings. The minimum absolute atomic E-state index is 0. The van der Waals surface area contributed by atoms with E-state index in [9.17, 15) is 19.2 Å². The van der Waals surface area contributed by atoms with Crippen molar-refractivity contribution in [3.63, 3.8) is 0 Å². The average molecular weight is 262 g/mol. The first-order valence-electron chi connectivity index (χ1n) is 3.81. The van der Waals surface area contributed by atoms with Gasteiger partial charge in [0.15, 0.2) is 5.78 Å². The molecule has 0 aromatic heterocycles. The van der Waals surface area contributed by atoms with Crippen LogP contribution in [0.4, 0.5) is 0 Å². The topological polar surface area (TPSA) is 129 Å². The Morgan fingerprint density at radius 1 is 0.667 bits per heavy atom. The normalized spacial score (nSPS) is 8.50. The van der Waals surface area contributed by atoms with Gasteiger partial charge in [-0.25, -0.2) is 14.4 Å². The van der Waals surface area contributed by atoms with Crippen molar-refractivity contribution in [1.82, 2.24) is 0 Å². The van der Waals surface area contributed by atoms with Gasteiger partial charge < -0.3 is 15.3 Å². The van der Waals surface area contributed by atoms with E-state index in [1.54, 1.807) is 0 Å². The molecule has 0 radical (unpaired) electrons. The molecule has 0 aromatic carbocycles. The highest BCUT2D eigenvalue weighted by atomic mass is 16.4. The number of allylic oxidation sites excluding steroid dienone is 1.